The Labute approximate surface area is 290 Å². The van der Waals surface area contributed by atoms with E-state index in [0.29, 0.717) is 36.9 Å². The molecule has 4 aliphatic carbocycles. The van der Waals surface area contributed by atoms with Gasteiger partial charge in [0.1, 0.15) is 6.10 Å². The first-order chi connectivity index (χ1) is 22.8. The number of esters is 3. The lowest BCUT2D eigenvalue weighted by Gasteiger charge is -2.63. The SMILES string of the molecule is C=C(C)C(=O)OCCCCCCCCCCC(=O)O[C@@H]1CC[C@@]2(C)[C@@H](C1)C[C@@H](O)[C@@H]1[C@@H]2C[C@H](O)[C@]2(C)[C@@H]([C@H](C)CCC(=O)OC)CC[C@@H]12. The summed E-state index contributed by atoms with van der Waals surface area (Å²) >= 11 is 0. The number of aliphatic hydroxyl groups is 2. The second kappa shape index (κ2) is 17.3. The molecule has 0 spiro atoms. The third-order valence-corrected chi connectivity index (χ3v) is 13.7. The minimum Gasteiger partial charge on any atom is -0.469 e. The van der Waals surface area contributed by atoms with Crippen molar-refractivity contribution in [2.75, 3.05) is 13.7 Å². The summed E-state index contributed by atoms with van der Waals surface area (Å²) in [6, 6.07) is 0. The fourth-order valence-electron chi connectivity index (χ4n) is 10.8. The first-order valence-corrected chi connectivity index (χ1v) is 19.3. The molecule has 4 saturated carbocycles. The predicted molar refractivity (Wildman–Crippen MR) is 186 cm³/mol. The first kappa shape index (κ1) is 38.9. The number of rotatable bonds is 17. The van der Waals surface area contributed by atoms with Gasteiger partial charge in [-0.05, 0) is 117 Å². The Balaban J connectivity index is 1.18. The molecule has 4 rings (SSSR count). The van der Waals surface area contributed by atoms with Crippen LogP contribution in [-0.4, -0.2) is 60.1 Å². The van der Waals surface area contributed by atoms with Crippen LogP contribution in [0.25, 0.3) is 0 Å². The quantitative estimate of drug-likeness (QED) is 0.0697. The number of hydrogen-bond donors (Lipinski definition) is 2. The normalized spacial score (nSPS) is 36.2. The van der Waals surface area contributed by atoms with Crippen molar-refractivity contribution in [2.24, 2.45) is 46.3 Å². The van der Waals surface area contributed by atoms with Crippen LogP contribution in [0.15, 0.2) is 12.2 Å². The van der Waals surface area contributed by atoms with Gasteiger partial charge < -0.3 is 24.4 Å². The van der Waals surface area contributed by atoms with Crippen molar-refractivity contribution < 1.29 is 38.8 Å². The van der Waals surface area contributed by atoms with Crippen LogP contribution in [0, 0.1) is 46.3 Å². The lowest BCUT2D eigenvalue weighted by atomic mass is 9.43. The molecule has 0 amide bonds. The Hall–Kier alpha value is -1.93. The van der Waals surface area contributed by atoms with Crippen molar-refractivity contribution in [2.45, 2.75) is 162 Å². The molecule has 4 aliphatic rings. The molecule has 274 valence electrons. The molecule has 0 aromatic heterocycles. The molecule has 0 aromatic carbocycles. The van der Waals surface area contributed by atoms with Crippen LogP contribution >= 0.6 is 0 Å². The fraction of sp³-hybridized carbons (Fsp3) is 0.875. The minimum absolute atomic E-state index is 0.0266. The summed E-state index contributed by atoms with van der Waals surface area (Å²) in [7, 11) is 1.44. The van der Waals surface area contributed by atoms with Gasteiger partial charge in [-0.1, -0.05) is 65.9 Å². The number of hydrogen-bond acceptors (Lipinski definition) is 8. The second-order valence-corrected chi connectivity index (χ2v) is 16.6. The Morgan fingerprint density at radius 1 is 0.854 bits per heavy atom. The molecule has 0 bridgehead atoms. The van der Waals surface area contributed by atoms with Crippen LogP contribution in [0.4, 0.5) is 0 Å². The van der Waals surface area contributed by atoms with Gasteiger partial charge in [-0.2, -0.15) is 0 Å². The van der Waals surface area contributed by atoms with Crippen molar-refractivity contribution in [3.63, 3.8) is 0 Å². The molecular weight excluding hydrogens is 608 g/mol. The van der Waals surface area contributed by atoms with E-state index >= 15 is 0 Å². The average Bonchev–Trinajstić information content (AvgIpc) is 3.41. The van der Waals surface area contributed by atoms with Crippen molar-refractivity contribution in [3.8, 4) is 0 Å². The number of unbranched alkanes of at least 4 members (excludes halogenated alkanes) is 7. The van der Waals surface area contributed by atoms with E-state index in [9.17, 15) is 24.6 Å². The number of carbonyl (C=O) groups excluding carboxylic acids is 3. The molecule has 0 aliphatic heterocycles. The van der Waals surface area contributed by atoms with E-state index in [1.165, 1.54) is 7.11 Å². The standard InChI is InChI=1S/C40H66O8/c1-26(2)38(45)47-22-14-12-10-8-7-9-11-13-15-36(44)48-29-20-21-39(4)28(23-29)24-33(41)37-31-18-17-30(27(3)16-19-35(43)46-6)40(31,5)34(42)25-32(37)39/h27-34,37,41-42H,1,7-25H2,2-6H3/t27-,28+,29-,30-,31+,32+,33-,34+,37+,39+,40-/m1/s1. The van der Waals surface area contributed by atoms with Gasteiger partial charge in [0.05, 0.1) is 25.9 Å². The first-order valence-electron chi connectivity index (χ1n) is 19.3. The summed E-state index contributed by atoms with van der Waals surface area (Å²) in [4.78, 5) is 36.0. The zero-order valence-corrected chi connectivity index (χ0v) is 30.7. The van der Waals surface area contributed by atoms with Gasteiger partial charge >= 0.3 is 17.9 Å². The van der Waals surface area contributed by atoms with Crippen LogP contribution in [0.3, 0.4) is 0 Å². The van der Waals surface area contributed by atoms with Gasteiger partial charge in [0, 0.05) is 18.4 Å². The zero-order valence-electron chi connectivity index (χ0n) is 30.7. The summed E-state index contributed by atoms with van der Waals surface area (Å²) in [6.07, 6.45) is 15.2. The monoisotopic (exact) mass is 674 g/mol. The number of methoxy groups -OCH3 is 1. The van der Waals surface area contributed by atoms with Crippen LogP contribution < -0.4 is 0 Å². The molecular formula is C40H66O8. The van der Waals surface area contributed by atoms with Gasteiger partial charge in [0.15, 0.2) is 0 Å². The summed E-state index contributed by atoms with van der Waals surface area (Å²) in [5.74, 6) is 1.06. The van der Waals surface area contributed by atoms with Gasteiger partial charge in [-0.15, -0.1) is 0 Å². The van der Waals surface area contributed by atoms with Crippen LogP contribution in [0.2, 0.25) is 0 Å². The average molecular weight is 675 g/mol. The molecule has 11 atom stereocenters. The third kappa shape index (κ3) is 8.86. The number of ether oxygens (including phenoxy) is 3. The van der Waals surface area contributed by atoms with E-state index < -0.39 is 12.2 Å². The van der Waals surface area contributed by atoms with E-state index in [0.717, 1.165) is 103 Å². The van der Waals surface area contributed by atoms with Gasteiger partial charge in [0.2, 0.25) is 0 Å². The molecule has 8 nitrogen and oxygen atoms in total. The number of aliphatic hydroxyl groups excluding tert-OH is 2. The topological polar surface area (TPSA) is 119 Å². The number of fused-ring (bicyclic) bond motifs is 5. The largest absolute Gasteiger partial charge is 0.469 e. The van der Waals surface area contributed by atoms with E-state index in [-0.39, 0.29) is 58.5 Å². The van der Waals surface area contributed by atoms with Crippen molar-refractivity contribution in [1.82, 2.24) is 0 Å². The second-order valence-electron chi connectivity index (χ2n) is 16.6. The fourth-order valence-corrected chi connectivity index (χ4v) is 10.8. The Kier molecular flexibility index (Phi) is 14.0. The van der Waals surface area contributed by atoms with Gasteiger partial charge in [-0.3, -0.25) is 9.59 Å². The van der Waals surface area contributed by atoms with Gasteiger partial charge in [-0.25, -0.2) is 4.79 Å². The van der Waals surface area contributed by atoms with E-state index in [4.69, 9.17) is 14.2 Å². The van der Waals surface area contributed by atoms with Crippen LogP contribution in [-0.2, 0) is 28.6 Å². The molecule has 0 unspecified atom stereocenters. The molecule has 0 heterocycles. The summed E-state index contributed by atoms with van der Waals surface area (Å²) in [6.45, 7) is 12.6. The maximum absolute atomic E-state index is 12.8. The smallest absolute Gasteiger partial charge is 0.333 e. The highest BCUT2D eigenvalue weighted by molar-refractivity contribution is 5.86. The predicted octanol–water partition coefficient (Wildman–Crippen LogP) is 7.72. The lowest BCUT2D eigenvalue weighted by Crippen LogP contribution is -2.62. The molecule has 0 aromatic rings. The molecule has 2 N–H and O–H groups in total. The third-order valence-electron chi connectivity index (χ3n) is 13.7. The van der Waals surface area contributed by atoms with Gasteiger partial charge in [0.25, 0.3) is 0 Å². The maximum Gasteiger partial charge on any atom is 0.333 e. The zero-order chi connectivity index (χ0) is 35.1. The maximum atomic E-state index is 12.8. The molecule has 4 fully saturated rings. The summed E-state index contributed by atoms with van der Waals surface area (Å²) < 4.78 is 16.0. The van der Waals surface area contributed by atoms with Crippen molar-refractivity contribution in [1.29, 1.82) is 0 Å². The van der Waals surface area contributed by atoms with E-state index in [2.05, 4.69) is 27.4 Å². The Morgan fingerprint density at radius 3 is 2.19 bits per heavy atom. The van der Waals surface area contributed by atoms with Crippen molar-refractivity contribution in [3.05, 3.63) is 12.2 Å². The number of carbonyl (C=O) groups is 3. The highest BCUT2D eigenvalue weighted by atomic mass is 16.5. The van der Waals surface area contributed by atoms with E-state index in [1.807, 2.05) is 0 Å². The summed E-state index contributed by atoms with van der Waals surface area (Å²) in [5.41, 5.74) is 0.214. The Morgan fingerprint density at radius 2 is 1.52 bits per heavy atom. The molecule has 0 radical (unpaired) electrons. The molecule has 8 heteroatoms. The van der Waals surface area contributed by atoms with Crippen molar-refractivity contribution >= 4 is 17.9 Å². The summed E-state index contributed by atoms with van der Waals surface area (Å²) in [5, 5.41) is 23.6. The lowest BCUT2D eigenvalue weighted by molar-refractivity contribution is -0.209. The van der Waals surface area contributed by atoms with E-state index in [1.54, 1.807) is 6.92 Å². The minimum atomic E-state index is -0.423. The highest BCUT2D eigenvalue weighted by Crippen LogP contribution is 2.68. The van der Waals surface area contributed by atoms with Crippen LogP contribution in [0.1, 0.15) is 143 Å². The molecule has 0 saturated heterocycles. The van der Waals surface area contributed by atoms with Crippen LogP contribution in [0.5, 0.6) is 0 Å². The Bertz CT molecular complexity index is 1100. The molecule has 48 heavy (non-hydrogen) atoms. The highest BCUT2D eigenvalue weighted by Gasteiger charge is 2.65.